The van der Waals surface area contributed by atoms with Crippen molar-refractivity contribution in [3.05, 3.63) is 58.6 Å². The smallest absolute Gasteiger partial charge is 0.338 e. The number of carbonyl (C=O) groups is 1. The average molecular weight is 483 g/mol. The van der Waals surface area contributed by atoms with Gasteiger partial charge in [-0.15, -0.1) is 0 Å². The number of aryl methyl sites for hydroxylation is 1. The van der Waals surface area contributed by atoms with Gasteiger partial charge in [-0.3, -0.25) is 0 Å². The number of hydrogen-bond donors (Lipinski definition) is 0. The lowest BCUT2D eigenvalue weighted by Gasteiger charge is -2.30. The summed E-state index contributed by atoms with van der Waals surface area (Å²) in [5, 5.41) is 0.627. The zero-order chi connectivity index (χ0) is 23.3. The second-order valence-electron chi connectivity index (χ2n) is 10.3. The summed E-state index contributed by atoms with van der Waals surface area (Å²) in [5.41, 5.74) is 2.01. The van der Waals surface area contributed by atoms with E-state index in [4.69, 9.17) is 25.8 Å². The molecular formula is C27H31ClN2O4. The first-order chi connectivity index (χ1) is 16.5. The highest BCUT2D eigenvalue weighted by molar-refractivity contribution is 6.30. The van der Waals surface area contributed by atoms with E-state index in [0.29, 0.717) is 29.2 Å². The molecule has 1 spiro atoms. The molecule has 2 aromatic rings. The minimum Gasteiger partial charge on any atom is -0.458 e. The van der Waals surface area contributed by atoms with Crippen LogP contribution in [0.5, 0.6) is 11.5 Å². The molecule has 0 N–H and O–H groups in total. The van der Waals surface area contributed by atoms with Crippen LogP contribution in [0.2, 0.25) is 5.02 Å². The van der Waals surface area contributed by atoms with E-state index in [1.165, 1.54) is 5.56 Å². The molecule has 3 heterocycles. The Morgan fingerprint density at radius 1 is 1.09 bits per heavy atom. The van der Waals surface area contributed by atoms with Crippen LogP contribution in [-0.4, -0.2) is 68.4 Å². The van der Waals surface area contributed by atoms with Gasteiger partial charge in [0.25, 0.3) is 0 Å². The highest BCUT2D eigenvalue weighted by Gasteiger charge is 2.74. The molecular weight excluding hydrogens is 452 g/mol. The number of piperidine rings is 1. The number of esters is 1. The van der Waals surface area contributed by atoms with Gasteiger partial charge in [0.2, 0.25) is 6.79 Å². The molecule has 3 aliphatic heterocycles. The Morgan fingerprint density at radius 2 is 1.91 bits per heavy atom. The maximum Gasteiger partial charge on any atom is 0.338 e. The summed E-state index contributed by atoms with van der Waals surface area (Å²) in [6.07, 6.45) is 3.37. The van der Waals surface area contributed by atoms with Crippen molar-refractivity contribution >= 4 is 17.6 Å². The topological polar surface area (TPSA) is 51.2 Å². The number of likely N-dealkylation sites (tertiary alicyclic amines) is 2. The molecule has 3 fully saturated rings. The van der Waals surface area contributed by atoms with E-state index in [1.807, 2.05) is 6.07 Å². The molecule has 1 aliphatic carbocycles. The number of unbranched alkanes of at least 4 members (excludes halogenated alkanes) is 1. The van der Waals surface area contributed by atoms with Crippen molar-refractivity contribution < 1.29 is 19.0 Å². The van der Waals surface area contributed by atoms with Crippen molar-refractivity contribution in [3.8, 4) is 11.5 Å². The highest BCUT2D eigenvalue weighted by atomic mass is 35.5. The molecule has 4 atom stereocenters. The Hall–Kier alpha value is -2.28. The maximum absolute atomic E-state index is 12.8. The number of halogens is 1. The van der Waals surface area contributed by atoms with Crippen molar-refractivity contribution in [1.82, 2.24) is 9.80 Å². The molecule has 2 saturated heterocycles. The van der Waals surface area contributed by atoms with Gasteiger partial charge in [0.1, 0.15) is 6.10 Å². The Bertz CT molecular complexity index is 1080. The minimum absolute atomic E-state index is 0.0178. The third kappa shape index (κ3) is 3.96. The van der Waals surface area contributed by atoms with Crippen LogP contribution >= 0.6 is 11.6 Å². The largest absolute Gasteiger partial charge is 0.458 e. The van der Waals surface area contributed by atoms with E-state index < -0.39 is 0 Å². The van der Waals surface area contributed by atoms with Crippen LogP contribution in [0.1, 0.15) is 28.8 Å². The van der Waals surface area contributed by atoms with Crippen LogP contribution < -0.4 is 9.47 Å². The fourth-order valence-corrected chi connectivity index (χ4v) is 6.60. The standard InChI is InChI=1S/C27H31ClN2O4/c1-29-13-20-14-30(11-3-2-4-18-5-10-23-24(12-18)33-17-32-23)16-27(20)22(15-29)25(27)34-26(31)19-6-8-21(28)9-7-19/h5-10,12,20,22,25H,2-4,11,13-17H2,1H3/t20?,22?,25-,27?/m0/s1. The Balaban J connectivity index is 1.04. The number of benzene rings is 2. The van der Waals surface area contributed by atoms with Gasteiger partial charge in [0.05, 0.1) is 5.56 Å². The van der Waals surface area contributed by atoms with Crippen LogP contribution in [0.3, 0.4) is 0 Å². The molecule has 3 unspecified atom stereocenters. The zero-order valence-corrected chi connectivity index (χ0v) is 20.3. The first kappa shape index (κ1) is 22.2. The van der Waals surface area contributed by atoms with Crippen LogP contribution in [-0.2, 0) is 11.2 Å². The molecule has 180 valence electrons. The first-order valence-corrected chi connectivity index (χ1v) is 12.7. The summed E-state index contributed by atoms with van der Waals surface area (Å²) in [5.74, 6) is 2.48. The third-order valence-electron chi connectivity index (χ3n) is 8.19. The highest BCUT2D eigenvalue weighted by Crippen LogP contribution is 2.65. The summed E-state index contributed by atoms with van der Waals surface area (Å²) >= 11 is 5.97. The van der Waals surface area contributed by atoms with Crippen molar-refractivity contribution in [2.24, 2.45) is 17.3 Å². The van der Waals surface area contributed by atoms with Crippen molar-refractivity contribution in [1.29, 1.82) is 0 Å². The van der Waals surface area contributed by atoms with E-state index >= 15 is 0 Å². The first-order valence-electron chi connectivity index (χ1n) is 12.3. The molecule has 0 amide bonds. The number of carbonyl (C=O) groups excluding carboxylic acids is 1. The van der Waals surface area contributed by atoms with Crippen LogP contribution in [0.25, 0.3) is 0 Å². The number of rotatable bonds is 7. The van der Waals surface area contributed by atoms with Crippen molar-refractivity contribution in [2.45, 2.75) is 25.4 Å². The molecule has 6 rings (SSSR count). The van der Waals surface area contributed by atoms with E-state index in [-0.39, 0.29) is 17.5 Å². The molecule has 1 saturated carbocycles. The lowest BCUT2D eigenvalue weighted by molar-refractivity contribution is 0.0389. The summed E-state index contributed by atoms with van der Waals surface area (Å²) in [4.78, 5) is 17.8. The fraction of sp³-hybridized carbons (Fsp3) is 0.519. The Kier molecular flexibility index (Phi) is 5.71. The van der Waals surface area contributed by atoms with Gasteiger partial charge in [-0.25, -0.2) is 4.79 Å². The van der Waals surface area contributed by atoms with Crippen molar-refractivity contribution in [2.75, 3.05) is 46.6 Å². The third-order valence-corrected chi connectivity index (χ3v) is 8.45. The quantitative estimate of drug-likeness (QED) is 0.437. The van der Waals surface area contributed by atoms with Gasteiger partial charge in [-0.2, -0.15) is 0 Å². The number of nitrogens with zero attached hydrogens (tertiary/aromatic N) is 2. The second kappa shape index (κ2) is 8.74. The van der Waals surface area contributed by atoms with Crippen LogP contribution in [0.15, 0.2) is 42.5 Å². The molecule has 6 nitrogen and oxygen atoms in total. The van der Waals surface area contributed by atoms with E-state index in [1.54, 1.807) is 24.3 Å². The summed E-state index contributed by atoms with van der Waals surface area (Å²) in [6.45, 7) is 5.64. The van der Waals surface area contributed by atoms with E-state index in [0.717, 1.165) is 63.5 Å². The number of fused-ring (bicyclic) bond motifs is 1. The average Bonchev–Trinajstić information content (AvgIpc) is 3.15. The van der Waals surface area contributed by atoms with Gasteiger partial charge < -0.3 is 24.0 Å². The molecule has 0 bridgehead atoms. The van der Waals surface area contributed by atoms with E-state index in [2.05, 4.69) is 29.0 Å². The second-order valence-corrected chi connectivity index (χ2v) is 10.8. The van der Waals surface area contributed by atoms with E-state index in [9.17, 15) is 4.79 Å². The monoisotopic (exact) mass is 482 g/mol. The number of ether oxygens (including phenoxy) is 3. The lowest BCUT2D eigenvalue weighted by Crippen LogP contribution is -2.38. The molecule has 0 radical (unpaired) electrons. The van der Waals surface area contributed by atoms with Gasteiger partial charge in [0.15, 0.2) is 11.5 Å². The molecule has 34 heavy (non-hydrogen) atoms. The summed E-state index contributed by atoms with van der Waals surface area (Å²) in [7, 11) is 2.19. The Labute approximate surface area is 205 Å². The van der Waals surface area contributed by atoms with Crippen LogP contribution in [0.4, 0.5) is 0 Å². The van der Waals surface area contributed by atoms with Crippen molar-refractivity contribution in [3.63, 3.8) is 0 Å². The lowest BCUT2D eigenvalue weighted by atomic mass is 9.87. The van der Waals surface area contributed by atoms with Crippen LogP contribution in [0, 0.1) is 17.3 Å². The maximum atomic E-state index is 12.8. The molecule has 4 aliphatic rings. The summed E-state index contributed by atoms with van der Waals surface area (Å²) < 4.78 is 17.0. The predicted molar refractivity (Wildman–Crippen MR) is 130 cm³/mol. The molecule has 0 aromatic heterocycles. The number of hydrogen-bond acceptors (Lipinski definition) is 6. The Morgan fingerprint density at radius 3 is 2.76 bits per heavy atom. The normalized spacial score (nSPS) is 29.5. The SMILES string of the molecule is CN1CC2CN(CCCCc3ccc4c(c3)OCO4)CC23C(C1)[C@@H]3OC(=O)c1ccc(Cl)cc1. The predicted octanol–water partition coefficient (Wildman–Crippen LogP) is 4.11. The summed E-state index contributed by atoms with van der Waals surface area (Å²) in [6, 6.07) is 13.2. The molecule has 2 aromatic carbocycles. The zero-order valence-electron chi connectivity index (χ0n) is 19.5. The molecule has 7 heteroatoms. The van der Waals surface area contributed by atoms with Gasteiger partial charge in [0, 0.05) is 42.5 Å². The minimum atomic E-state index is -0.228. The van der Waals surface area contributed by atoms with Gasteiger partial charge in [-0.05, 0) is 80.7 Å². The van der Waals surface area contributed by atoms with Gasteiger partial charge in [-0.1, -0.05) is 17.7 Å². The fourth-order valence-electron chi connectivity index (χ4n) is 6.48. The van der Waals surface area contributed by atoms with Gasteiger partial charge >= 0.3 is 5.97 Å².